The molecule has 3 nitrogen and oxygen atoms in total. The second-order valence-corrected chi connectivity index (χ2v) is 5.01. The largest absolute Gasteiger partial charge is 0.496 e. The zero-order chi connectivity index (χ0) is 15.4. The molecule has 0 bridgehead atoms. The Bertz CT molecular complexity index is 611. The Balaban J connectivity index is 2.36. The zero-order valence-electron chi connectivity index (χ0n) is 11.9. The SMILES string of the molecule is COc1cccc(OC)c1C(N)Cc1cccc(Cl)c1F. The van der Waals surface area contributed by atoms with Crippen LogP contribution in [0.15, 0.2) is 36.4 Å². The molecule has 0 fully saturated rings. The Morgan fingerprint density at radius 3 is 2.24 bits per heavy atom. The van der Waals surface area contributed by atoms with Crippen molar-refractivity contribution in [3.05, 3.63) is 58.4 Å². The molecule has 0 aliphatic rings. The first kappa shape index (κ1) is 15.6. The van der Waals surface area contributed by atoms with Crippen LogP contribution in [0, 0.1) is 5.82 Å². The molecule has 21 heavy (non-hydrogen) atoms. The predicted octanol–water partition coefficient (Wildman–Crippen LogP) is 3.74. The van der Waals surface area contributed by atoms with Crippen molar-refractivity contribution < 1.29 is 13.9 Å². The summed E-state index contributed by atoms with van der Waals surface area (Å²) in [5.74, 6) is 0.789. The lowest BCUT2D eigenvalue weighted by molar-refractivity contribution is 0.378. The molecular weight excluding hydrogens is 293 g/mol. The summed E-state index contributed by atoms with van der Waals surface area (Å²) in [4.78, 5) is 0. The molecule has 0 heterocycles. The van der Waals surface area contributed by atoms with E-state index in [-0.39, 0.29) is 5.02 Å². The first-order valence-corrected chi connectivity index (χ1v) is 6.85. The Morgan fingerprint density at radius 2 is 1.67 bits per heavy atom. The summed E-state index contributed by atoms with van der Waals surface area (Å²) >= 11 is 5.80. The van der Waals surface area contributed by atoms with E-state index >= 15 is 0 Å². The van der Waals surface area contributed by atoms with Crippen LogP contribution in [-0.2, 0) is 6.42 Å². The second-order valence-electron chi connectivity index (χ2n) is 4.60. The van der Waals surface area contributed by atoms with Crippen molar-refractivity contribution in [2.75, 3.05) is 14.2 Å². The van der Waals surface area contributed by atoms with Gasteiger partial charge in [-0.05, 0) is 30.2 Å². The summed E-state index contributed by atoms with van der Waals surface area (Å²) in [6.07, 6.45) is 0.295. The van der Waals surface area contributed by atoms with Gasteiger partial charge < -0.3 is 15.2 Å². The number of methoxy groups -OCH3 is 2. The first-order valence-electron chi connectivity index (χ1n) is 6.47. The summed E-state index contributed by atoms with van der Waals surface area (Å²) in [5, 5.41) is 0.0895. The van der Waals surface area contributed by atoms with Crippen LogP contribution in [0.5, 0.6) is 11.5 Å². The minimum Gasteiger partial charge on any atom is -0.496 e. The molecule has 2 rings (SSSR count). The van der Waals surface area contributed by atoms with Gasteiger partial charge in [-0.2, -0.15) is 0 Å². The molecule has 0 saturated carbocycles. The van der Waals surface area contributed by atoms with Gasteiger partial charge in [0.1, 0.15) is 17.3 Å². The molecule has 0 aliphatic carbocycles. The molecule has 0 spiro atoms. The fourth-order valence-electron chi connectivity index (χ4n) is 2.29. The van der Waals surface area contributed by atoms with E-state index in [1.54, 1.807) is 38.5 Å². The third kappa shape index (κ3) is 3.28. The van der Waals surface area contributed by atoms with Crippen LogP contribution in [0.4, 0.5) is 4.39 Å². The lowest BCUT2D eigenvalue weighted by atomic mass is 9.97. The van der Waals surface area contributed by atoms with Gasteiger partial charge in [-0.1, -0.05) is 29.8 Å². The van der Waals surface area contributed by atoms with Crippen LogP contribution in [0.3, 0.4) is 0 Å². The molecule has 2 N–H and O–H groups in total. The molecule has 0 amide bonds. The maximum atomic E-state index is 14.0. The maximum absolute atomic E-state index is 14.0. The third-order valence-electron chi connectivity index (χ3n) is 3.31. The molecule has 2 aromatic carbocycles. The second kappa shape index (κ2) is 6.78. The summed E-state index contributed by atoms with van der Waals surface area (Å²) < 4.78 is 24.6. The van der Waals surface area contributed by atoms with Crippen LogP contribution in [0.2, 0.25) is 5.02 Å². The van der Waals surface area contributed by atoms with Crippen molar-refractivity contribution in [2.24, 2.45) is 5.73 Å². The van der Waals surface area contributed by atoms with Crippen LogP contribution >= 0.6 is 11.6 Å². The minimum atomic E-state index is -0.468. The van der Waals surface area contributed by atoms with Crippen LogP contribution in [-0.4, -0.2) is 14.2 Å². The number of ether oxygens (including phenoxy) is 2. The van der Waals surface area contributed by atoms with E-state index in [4.69, 9.17) is 26.8 Å². The average molecular weight is 310 g/mol. The number of hydrogen-bond acceptors (Lipinski definition) is 3. The molecule has 1 unspecified atom stereocenters. The van der Waals surface area contributed by atoms with E-state index in [1.165, 1.54) is 6.07 Å². The monoisotopic (exact) mass is 309 g/mol. The van der Waals surface area contributed by atoms with Crippen molar-refractivity contribution in [3.8, 4) is 11.5 Å². The van der Waals surface area contributed by atoms with Gasteiger partial charge in [0.2, 0.25) is 0 Å². The number of hydrogen-bond donors (Lipinski definition) is 1. The molecule has 112 valence electrons. The summed E-state index contributed by atoms with van der Waals surface area (Å²) in [7, 11) is 3.12. The van der Waals surface area contributed by atoms with E-state index in [2.05, 4.69) is 0 Å². The van der Waals surface area contributed by atoms with Gasteiger partial charge in [0.15, 0.2) is 0 Å². The normalized spacial score (nSPS) is 12.0. The van der Waals surface area contributed by atoms with Gasteiger partial charge in [0.25, 0.3) is 0 Å². The van der Waals surface area contributed by atoms with Gasteiger partial charge in [0.05, 0.1) is 24.8 Å². The number of benzene rings is 2. The first-order chi connectivity index (χ1) is 10.1. The van der Waals surface area contributed by atoms with E-state index in [1.807, 2.05) is 6.07 Å². The van der Waals surface area contributed by atoms with Crippen LogP contribution in [0.1, 0.15) is 17.2 Å². The Kier molecular flexibility index (Phi) is 5.04. The molecule has 1 atom stereocenters. The molecule has 0 radical (unpaired) electrons. The Labute approximate surface area is 128 Å². The molecule has 0 saturated heterocycles. The maximum Gasteiger partial charge on any atom is 0.145 e. The topological polar surface area (TPSA) is 44.5 Å². The van der Waals surface area contributed by atoms with Gasteiger partial charge in [-0.3, -0.25) is 0 Å². The van der Waals surface area contributed by atoms with Crippen LogP contribution in [0.25, 0.3) is 0 Å². The number of rotatable bonds is 5. The lowest BCUT2D eigenvalue weighted by Crippen LogP contribution is -2.16. The zero-order valence-corrected chi connectivity index (χ0v) is 12.7. The van der Waals surface area contributed by atoms with Crippen molar-refractivity contribution in [1.82, 2.24) is 0 Å². The molecule has 0 aromatic heterocycles. The summed E-state index contributed by atoms with van der Waals surface area (Å²) in [6.45, 7) is 0. The standard InChI is InChI=1S/C16H17ClFNO2/c1-20-13-7-4-8-14(21-2)15(13)12(19)9-10-5-3-6-11(17)16(10)18/h3-8,12H,9,19H2,1-2H3. The summed E-state index contributed by atoms with van der Waals surface area (Å²) in [5.41, 5.74) is 7.40. The van der Waals surface area contributed by atoms with E-state index < -0.39 is 11.9 Å². The summed E-state index contributed by atoms with van der Waals surface area (Å²) in [6, 6.07) is 9.82. The van der Waals surface area contributed by atoms with Crippen molar-refractivity contribution in [1.29, 1.82) is 0 Å². The van der Waals surface area contributed by atoms with Crippen molar-refractivity contribution in [3.63, 3.8) is 0 Å². The van der Waals surface area contributed by atoms with Gasteiger partial charge in [0, 0.05) is 6.04 Å². The predicted molar refractivity (Wildman–Crippen MR) is 81.6 cm³/mol. The lowest BCUT2D eigenvalue weighted by Gasteiger charge is -2.19. The smallest absolute Gasteiger partial charge is 0.145 e. The van der Waals surface area contributed by atoms with Crippen molar-refractivity contribution >= 4 is 11.6 Å². The van der Waals surface area contributed by atoms with Gasteiger partial charge in [-0.25, -0.2) is 4.39 Å². The van der Waals surface area contributed by atoms with Gasteiger partial charge >= 0.3 is 0 Å². The Morgan fingerprint density at radius 1 is 1.10 bits per heavy atom. The molecule has 0 aliphatic heterocycles. The molecular formula is C16H17ClFNO2. The highest BCUT2D eigenvalue weighted by Crippen LogP contribution is 2.35. The minimum absolute atomic E-state index is 0.0895. The third-order valence-corrected chi connectivity index (χ3v) is 3.60. The van der Waals surface area contributed by atoms with Gasteiger partial charge in [-0.15, -0.1) is 0 Å². The van der Waals surface area contributed by atoms with E-state index in [9.17, 15) is 4.39 Å². The highest BCUT2D eigenvalue weighted by atomic mass is 35.5. The quantitative estimate of drug-likeness (QED) is 0.915. The Hall–Kier alpha value is -1.78. The number of halogens is 2. The highest BCUT2D eigenvalue weighted by Gasteiger charge is 2.19. The molecule has 5 heteroatoms. The fourth-order valence-corrected chi connectivity index (χ4v) is 2.48. The van der Waals surface area contributed by atoms with Crippen LogP contribution < -0.4 is 15.2 Å². The van der Waals surface area contributed by atoms with E-state index in [0.29, 0.717) is 29.0 Å². The highest BCUT2D eigenvalue weighted by molar-refractivity contribution is 6.30. The van der Waals surface area contributed by atoms with Crippen molar-refractivity contribution in [2.45, 2.75) is 12.5 Å². The molecule has 2 aromatic rings. The fraction of sp³-hybridized carbons (Fsp3) is 0.250. The van der Waals surface area contributed by atoms with E-state index in [0.717, 1.165) is 0 Å². The number of nitrogens with two attached hydrogens (primary N) is 1. The average Bonchev–Trinajstić information content (AvgIpc) is 2.50.